The topological polar surface area (TPSA) is 43.4 Å². The molecular weight excluding hydrogens is 336 g/mol. The molecule has 140 valence electrons. The summed E-state index contributed by atoms with van der Waals surface area (Å²) in [6.45, 7) is 10.7. The highest BCUT2D eigenvalue weighted by atomic mass is 16.5. The lowest BCUT2D eigenvalue weighted by Gasteiger charge is -2.37. The fourth-order valence-electron chi connectivity index (χ4n) is 3.65. The quantitative estimate of drug-likeness (QED) is 0.431. The van der Waals surface area contributed by atoms with Crippen LogP contribution >= 0.6 is 0 Å². The van der Waals surface area contributed by atoms with Gasteiger partial charge in [-0.1, -0.05) is 58.0 Å². The first-order chi connectivity index (χ1) is 12.6. The Kier molecular flexibility index (Phi) is 4.59. The van der Waals surface area contributed by atoms with Crippen LogP contribution in [0, 0.1) is 6.92 Å². The summed E-state index contributed by atoms with van der Waals surface area (Å²) >= 11 is 0. The normalized spacial score (nSPS) is 16.5. The summed E-state index contributed by atoms with van der Waals surface area (Å²) in [5.74, 6) is -0.440. The van der Waals surface area contributed by atoms with Crippen LogP contribution in [0.3, 0.4) is 0 Å². The van der Waals surface area contributed by atoms with Gasteiger partial charge in [-0.15, -0.1) is 0 Å². The van der Waals surface area contributed by atoms with Gasteiger partial charge in [0.2, 0.25) is 0 Å². The molecule has 27 heavy (non-hydrogen) atoms. The first kappa shape index (κ1) is 19.1. The number of hydrogen-bond acceptors (Lipinski definition) is 3. The number of allylic oxidation sites excluding steroid dienone is 2. The molecule has 0 atom stereocenters. The van der Waals surface area contributed by atoms with Crippen LogP contribution in [0.2, 0.25) is 0 Å². The van der Waals surface area contributed by atoms with Gasteiger partial charge in [-0.25, -0.2) is 4.79 Å². The molecule has 0 aromatic heterocycles. The Bertz CT molecular complexity index is 944. The van der Waals surface area contributed by atoms with E-state index >= 15 is 0 Å². The van der Waals surface area contributed by atoms with Gasteiger partial charge in [-0.05, 0) is 41.8 Å². The molecule has 1 aliphatic rings. The van der Waals surface area contributed by atoms with Crippen molar-refractivity contribution in [2.24, 2.45) is 0 Å². The van der Waals surface area contributed by atoms with Gasteiger partial charge >= 0.3 is 5.97 Å². The molecule has 0 unspecified atom stereocenters. The van der Waals surface area contributed by atoms with Crippen molar-refractivity contribution >= 4 is 11.8 Å². The zero-order valence-corrected chi connectivity index (χ0v) is 16.8. The summed E-state index contributed by atoms with van der Waals surface area (Å²) in [6, 6.07) is 10.8. The maximum atomic E-state index is 13.1. The number of esters is 1. The predicted octanol–water partition coefficient (Wildman–Crippen LogP) is 5.14. The molecule has 1 aliphatic carbocycles. The van der Waals surface area contributed by atoms with Crippen molar-refractivity contribution in [3.05, 3.63) is 81.9 Å². The van der Waals surface area contributed by atoms with Gasteiger partial charge in [-0.3, -0.25) is 4.79 Å². The maximum absolute atomic E-state index is 13.1. The monoisotopic (exact) mass is 362 g/mol. The molecule has 3 nitrogen and oxygen atoms in total. The third-order valence-electron chi connectivity index (χ3n) is 5.48. The van der Waals surface area contributed by atoms with E-state index in [0.29, 0.717) is 16.7 Å². The van der Waals surface area contributed by atoms with Crippen LogP contribution in [0.25, 0.3) is 0 Å². The Morgan fingerprint density at radius 2 is 1.30 bits per heavy atom. The lowest BCUT2D eigenvalue weighted by Crippen LogP contribution is -2.29. The lowest BCUT2D eigenvalue weighted by molar-refractivity contribution is 0.0600. The standard InChI is InChI=1S/C24H26O3/c1-15-13-19-20(24(4,5)12-11-23(19,2)3)14-18(15)21(25)16-7-9-17(10-8-16)22(26)27-6/h7-14H,1-6H3. The van der Waals surface area contributed by atoms with Gasteiger partial charge in [0.15, 0.2) is 5.78 Å². The lowest BCUT2D eigenvalue weighted by atomic mass is 9.67. The van der Waals surface area contributed by atoms with E-state index in [1.807, 2.05) is 13.0 Å². The molecule has 0 heterocycles. The molecule has 0 fully saturated rings. The predicted molar refractivity (Wildman–Crippen MR) is 108 cm³/mol. The van der Waals surface area contributed by atoms with Crippen LogP contribution in [-0.2, 0) is 15.6 Å². The Morgan fingerprint density at radius 3 is 1.81 bits per heavy atom. The Morgan fingerprint density at radius 1 is 0.815 bits per heavy atom. The van der Waals surface area contributed by atoms with Gasteiger partial charge in [0.25, 0.3) is 0 Å². The molecule has 3 rings (SSSR count). The van der Waals surface area contributed by atoms with Crippen molar-refractivity contribution in [1.29, 1.82) is 0 Å². The van der Waals surface area contributed by atoms with Gasteiger partial charge < -0.3 is 4.74 Å². The van der Waals surface area contributed by atoms with Crippen molar-refractivity contribution < 1.29 is 14.3 Å². The van der Waals surface area contributed by atoms with E-state index in [-0.39, 0.29) is 16.6 Å². The largest absolute Gasteiger partial charge is 0.465 e. The Hall–Kier alpha value is -2.68. The second kappa shape index (κ2) is 6.49. The third-order valence-corrected chi connectivity index (χ3v) is 5.48. The van der Waals surface area contributed by atoms with Crippen molar-refractivity contribution in [3.8, 4) is 0 Å². The van der Waals surface area contributed by atoms with Crippen LogP contribution in [0.4, 0.5) is 0 Å². The highest BCUT2D eigenvalue weighted by molar-refractivity contribution is 6.10. The number of fused-ring (bicyclic) bond motifs is 1. The highest BCUT2D eigenvalue weighted by Gasteiger charge is 2.34. The number of carbonyl (C=O) groups excluding carboxylic acids is 2. The molecule has 0 amide bonds. The number of ether oxygens (including phenoxy) is 1. The van der Waals surface area contributed by atoms with E-state index in [0.717, 1.165) is 5.56 Å². The van der Waals surface area contributed by atoms with Gasteiger partial charge in [0, 0.05) is 22.0 Å². The van der Waals surface area contributed by atoms with Gasteiger partial charge in [0.05, 0.1) is 12.7 Å². The van der Waals surface area contributed by atoms with Crippen LogP contribution in [0.5, 0.6) is 0 Å². The number of aryl methyl sites for hydroxylation is 1. The fourth-order valence-corrected chi connectivity index (χ4v) is 3.65. The molecule has 0 N–H and O–H groups in total. The number of benzene rings is 2. The van der Waals surface area contributed by atoms with Gasteiger partial charge in [0.1, 0.15) is 0 Å². The minimum absolute atomic E-state index is 0.0325. The molecule has 2 aromatic carbocycles. The number of ketones is 1. The Labute approximate surface area is 161 Å². The number of rotatable bonds is 3. The summed E-state index contributed by atoms with van der Waals surface area (Å²) in [5.41, 5.74) is 4.95. The minimum Gasteiger partial charge on any atom is -0.465 e. The smallest absolute Gasteiger partial charge is 0.337 e. The van der Waals surface area contributed by atoms with E-state index in [2.05, 4.69) is 45.9 Å². The van der Waals surface area contributed by atoms with Gasteiger partial charge in [-0.2, -0.15) is 0 Å². The average molecular weight is 362 g/mol. The van der Waals surface area contributed by atoms with E-state index in [1.165, 1.54) is 18.2 Å². The molecule has 0 spiro atoms. The van der Waals surface area contributed by atoms with Crippen LogP contribution in [-0.4, -0.2) is 18.9 Å². The number of hydrogen-bond donors (Lipinski definition) is 0. The summed E-state index contributed by atoms with van der Waals surface area (Å²) in [4.78, 5) is 24.7. The first-order valence-corrected chi connectivity index (χ1v) is 9.16. The molecule has 0 bridgehead atoms. The number of methoxy groups -OCH3 is 1. The average Bonchev–Trinajstić information content (AvgIpc) is 2.64. The van der Waals surface area contributed by atoms with E-state index < -0.39 is 5.97 Å². The summed E-state index contributed by atoms with van der Waals surface area (Å²) < 4.78 is 4.71. The molecule has 0 saturated carbocycles. The second-order valence-corrected chi connectivity index (χ2v) is 8.39. The molecular formula is C24H26O3. The highest BCUT2D eigenvalue weighted by Crippen LogP contribution is 2.42. The summed E-state index contributed by atoms with van der Waals surface area (Å²) in [7, 11) is 1.34. The van der Waals surface area contributed by atoms with Crippen molar-refractivity contribution in [2.45, 2.75) is 45.4 Å². The third kappa shape index (κ3) is 3.34. The summed E-state index contributed by atoms with van der Waals surface area (Å²) in [6.07, 6.45) is 4.48. The van der Waals surface area contributed by atoms with Crippen molar-refractivity contribution in [2.75, 3.05) is 7.11 Å². The van der Waals surface area contributed by atoms with Crippen molar-refractivity contribution in [1.82, 2.24) is 0 Å². The van der Waals surface area contributed by atoms with Crippen LogP contribution in [0.15, 0.2) is 48.6 Å². The van der Waals surface area contributed by atoms with Crippen LogP contribution < -0.4 is 0 Å². The number of carbonyl (C=O) groups is 2. The zero-order valence-electron chi connectivity index (χ0n) is 16.8. The molecule has 0 saturated heterocycles. The minimum atomic E-state index is -0.408. The second-order valence-electron chi connectivity index (χ2n) is 8.39. The molecule has 3 heteroatoms. The maximum Gasteiger partial charge on any atom is 0.337 e. The van der Waals surface area contributed by atoms with Crippen molar-refractivity contribution in [3.63, 3.8) is 0 Å². The SMILES string of the molecule is COC(=O)c1ccc(C(=O)c2cc3c(cc2C)C(C)(C)C=CC3(C)C)cc1. The molecule has 0 aliphatic heterocycles. The van der Waals surface area contributed by atoms with E-state index in [4.69, 9.17) is 4.74 Å². The van der Waals surface area contributed by atoms with E-state index in [9.17, 15) is 9.59 Å². The fraction of sp³-hybridized carbons (Fsp3) is 0.333. The van der Waals surface area contributed by atoms with Crippen LogP contribution in [0.1, 0.15) is 70.7 Å². The molecule has 2 aromatic rings. The Balaban J connectivity index is 2.06. The molecule has 0 radical (unpaired) electrons. The summed E-state index contributed by atoms with van der Waals surface area (Å²) in [5, 5.41) is 0. The first-order valence-electron chi connectivity index (χ1n) is 9.16. The van der Waals surface area contributed by atoms with E-state index in [1.54, 1.807) is 24.3 Å². The zero-order chi connectivity index (χ0) is 20.0.